The van der Waals surface area contributed by atoms with E-state index in [2.05, 4.69) is 40.2 Å². The topological polar surface area (TPSA) is 32.5 Å². The van der Waals surface area contributed by atoms with E-state index in [1.807, 2.05) is 18.2 Å². The van der Waals surface area contributed by atoms with Gasteiger partial charge in [-0.15, -0.1) is 0 Å². The zero-order chi connectivity index (χ0) is 18.6. The molecule has 5 heteroatoms. The Morgan fingerprint density at radius 1 is 1.07 bits per heavy atom. The van der Waals surface area contributed by atoms with E-state index in [0.29, 0.717) is 6.04 Å². The van der Waals surface area contributed by atoms with Crippen molar-refractivity contribution in [2.45, 2.75) is 25.4 Å². The highest BCUT2D eigenvalue weighted by atomic mass is 19.1. The molecule has 0 N–H and O–H groups in total. The first kappa shape index (κ1) is 17.7. The van der Waals surface area contributed by atoms with Crippen LogP contribution in [0.5, 0.6) is 0 Å². The van der Waals surface area contributed by atoms with Crippen LogP contribution >= 0.6 is 0 Å². The van der Waals surface area contributed by atoms with Crippen molar-refractivity contribution in [3.05, 3.63) is 72.4 Å². The molecule has 0 unspecified atom stereocenters. The van der Waals surface area contributed by atoms with Crippen LogP contribution in [0.3, 0.4) is 0 Å². The zero-order valence-electron chi connectivity index (χ0n) is 15.5. The van der Waals surface area contributed by atoms with E-state index < -0.39 is 0 Å². The lowest BCUT2D eigenvalue weighted by Crippen LogP contribution is -2.43. The van der Waals surface area contributed by atoms with E-state index in [9.17, 15) is 4.39 Å². The summed E-state index contributed by atoms with van der Waals surface area (Å²) in [5, 5.41) is 4.00. The fraction of sp³-hybridized carbons (Fsp3) is 0.318. The highest BCUT2D eigenvalue weighted by Gasteiger charge is 2.23. The van der Waals surface area contributed by atoms with Crippen LogP contribution in [0.15, 0.2) is 65.4 Å². The summed E-state index contributed by atoms with van der Waals surface area (Å²) in [5.74, 6) is -0.200. The third-order valence-corrected chi connectivity index (χ3v) is 5.36. The van der Waals surface area contributed by atoms with Gasteiger partial charge in [-0.25, -0.2) is 4.39 Å². The van der Waals surface area contributed by atoms with Crippen LogP contribution in [0.25, 0.3) is 11.1 Å². The van der Waals surface area contributed by atoms with Gasteiger partial charge in [0.15, 0.2) is 0 Å². The van der Waals surface area contributed by atoms with Gasteiger partial charge in [-0.05, 0) is 55.3 Å². The second-order valence-corrected chi connectivity index (χ2v) is 7.18. The molecule has 0 saturated carbocycles. The number of benzene rings is 2. The molecule has 1 saturated heterocycles. The lowest BCUT2D eigenvalue weighted by molar-refractivity contribution is 0.195. The van der Waals surface area contributed by atoms with Crippen molar-refractivity contribution in [2.75, 3.05) is 25.0 Å². The number of piperidine rings is 1. The van der Waals surface area contributed by atoms with Crippen molar-refractivity contribution in [3.63, 3.8) is 0 Å². The molecule has 0 amide bonds. The SMILES string of the molecule is CN(Cc1ccon1)C1CCN(c2cccc(-c3cccc(F)c3)c2)CC1. The number of aromatic nitrogens is 1. The minimum Gasteiger partial charge on any atom is -0.371 e. The van der Waals surface area contributed by atoms with Gasteiger partial charge in [0.1, 0.15) is 12.1 Å². The molecule has 2 heterocycles. The molecule has 0 bridgehead atoms. The van der Waals surface area contributed by atoms with Crippen LogP contribution in [-0.4, -0.2) is 36.2 Å². The Kier molecular flexibility index (Phi) is 5.21. The second-order valence-electron chi connectivity index (χ2n) is 7.18. The second kappa shape index (κ2) is 7.92. The maximum Gasteiger partial charge on any atom is 0.124 e. The molecule has 1 aromatic heterocycles. The van der Waals surface area contributed by atoms with E-state index in [1.165, 1.54) is 11.8 Å². The maximum atomic E-state index is 13.5. The summed E-state index contributed by atoms with van der Waals surface area (Å²) in [6.07, 6.45) is 3.84. The first-order chi connectivity index (χ1) is 13.2. The third kappa shape index (κ3) is 4.19. The van der Waals surface area contributed by atoms with Gasteiger partial charge in [0.05, 0.1) is 5.69 Å². The zero-order valence-corrected chi connectivity index (χ0v) is 15.5. The quantitative estimate of drug-likeness (QED) is 0.662. The monoisotopic (exact) mass is 365 g/mol. The number of rotatable bonds is 5. The van der Waals surface area contributed by atoms with Crippen LogP contribution in [0.2, 0.25) is 0 Å². The van der Waals surface area contributed by atoms with Crippen LogP contribution in [0, 0.1) is 5.82 Å². The minimum absolute atomic E-state index is 0.200. The normalized spacial score (nSPS) is 15.4. The fourth-order valence-corrected chi connectivity index (χ4v) is 3.82. The van der Waals surface area contributed by atoms with Crippen molar-refractivity contribution in [2.24, 2.45) is 0 Å². The molecule has 0 spiro atoms. The first-order valence-corrected chi connectivity index (χ1v) is 9.39. The lowest BCUT2D eigenvalue weighted by atomic mass is 10.0. The summed E-state index contributed by atoms with van der Waals surface area (Å²) in [4.78, 5) is 4.78. The predicted molar refractivity (Wildman–Crippen MR) is 105 cm³/mol. The molecule has 4 nitrogen and oxygen atoms in total. The summed E-state index contributed by atoms with van der Waals surface area (Å²) in [6, 6.07) is 17.6. The van der Waals surface area contributed by atoms with Crippen molar-refractivity contribution < 1.29 is 8.91 Å². The molecule has 0 atom stereocenters. The van der Waals surface area contributed by atoms with Crippen LogP contribution in [0.4, 0.5) is 10.1 Å². The number of hydrogen-bond donors (Lipinski definition) is 0. The molecule has 3 aromatic rings. The van der Waals surface area contributed by atoms with Gasteiger partial charge in [-0.1, -0.05) is 29.4 Å². The summed E-state index contributed by atoms with van der Waals surface area (Å²) in [7, 11) is 2.15. The van der Waals surface area contributed by atoms with Gasteiger partial charge in [0.25, 0.3) is 0 Å². The van der Waals surface area contributed by atoms with E-state index >= 15 is 0 Å². The Balaban J connectivity index is 1.40. The molecule has 1 fully saturated rings. The van der Waals surface area contributed by atoms with E-state index in [0.717, 1.165) is 49.3 Å². The Hall–Kier alpha value is -2.66. The summed E-state index contributed by atoms with van der Waals surface area (Å²) < 4.78 is 18.5. The predicted octanol–water partition coefficient (Wildman–Crippen LogP) is 4.58. The Bertz CT molecular complexity index is 873. The standard InChI is InChI=1S/C22H24FN3O/c1-25(16-20-10-13-27-24-20)21-8-11-26(12-9-21)22-7-3-5-18(15-22)17-4-2-6-19(23)14-17/h2-7,10,13-15,21H,8-9,11-12,16H2,1H3. The fourth-order valence-electron chi connectivity index (χ4n) is 3.82. The molecule has 1 aliphatic rings. The third-order valence-electron chi connectivity index (χ3n) is 5.36. The van der Waals surface area contributed by atoms with Crippen molar-refractivity contribution >= 4 is 5.69 Å². The number of halogens is 1. The molecule has 27 heavy (non-hydrogen) atoms. The Morgan fingerprint density at radius 3 is 2.52 bits per heavy atom. The van der Waals surface area contributed by atoms with Gasteiger partial charge >= 0.3 is 0 Å². The maximum absolute atomic E-state index is 13.5. The van der Waals surface area contributed by atoms with Crippen LogP contribution < -0.4 is 4.90 Å². The van der Waals surface area contributed by atoms with Gasteiger partial charge in [0, 0.05) is 37.4 Å². The molecular formula is C22H24FN3O. The molecule has 1 aliphatic heterocycles. The highest BCUT2D eigenvalue weighted by Crippen LogP contribution is 2.28. The van der Waals surface area contributed by atoms with Crippen molar-refractivity contribution in [3.8, 4) is 11.1 Å². The number of hydrogen-bond acceptors (Lipinski definition) is 4. The largest absolute Gasteiger partial charge is 0.371 e. The van der Waals surface area contributed by atoms with Gasteiger partial charge in [-0.3, -0.25) is 4.90 Å². The molecular weight excluding hydrogens is 341 g/mol. The van der Waals surface area contributed by atoms with E-state index in [-0.39, 0.29) is 5.82 Å². The Labute approximate surface area is 159 Å². The van der Waals surface area contributed by atoms with Gasteiger partial charge < -0.3 is 9.42 Å². The average molecular weight is 365 g/mol. The van der Waals surface area contributed by atoms with Gasteiger partial charge in [0.2, 0.25) is 0 Å². The van der Waals surface area contributed by atoms with E-state index in [1.54, 1.807) is 18.4 Å². The van der Waals surface area contributed by atoms with Crippen molar-refractivity contribution in [1.29, 1.82) is 0 Å². The smallest absolute Gasteiger partial charge is 0.124 e. The molecule has 0 radical (unpaired) electrons. The number of nitrogens with zero attached hydrogens (tertiary/aromatic N) is 3. The summed E-state index contributed by atoms with van der Waals surface area (Å²) >= 11 is 0. The van der Waals surface area contributed by atoms with Gasteiger partial charge in [-0.2, -0.15) is 0 Å². The minimum atomic E-state index is -0.200. The molecule has 4 rings (SSSR count). The first-order valence-electron chi connectivity index (χ1n) is 9.39. The lowest BCUT2D eigenvalue weighted by Gasteiger charge is -2.37. The summed E-state index contributed by atoms with van der Waals surface area (Å²) in [6.45, 7) is 2.84. The molecule has 2 aromatic carbocycles. The summed E-state index contributed by atoms with van der Waals surface area (Å²) in [5.41, 5.74) is 4.15. The van der Waals surface area contributed by atoms with E-state index in [4.69, 9.17) is 4.52 Å². The molecule has 0 aliphatic carbocycles. The van der Waals surface area contributed by atoms with Crippen LogP contribution in [-0.2, 0) is 6.54 Å². The highest BCUT2D eigenvalue weighted by molar-refractivity contribution is 5.68. The van der Waals surface area contributed by atoms with Crippen molar-refractivity contribution in [1.82, 2.24) is 10.1 Å². The average Bonchev–Trinajstić information content (AvgIpc) is 3.21. The Morgan fingerprint density at radius 2 is 1.81 bits per heavy atom. The number of anilines is 1. The van der Waals surface area contributed by atoms with Crippen LogP contribution in [0.1, 0.15) is 18.5 Å². The molecule has 140 valence electrons.